The van der Waals surface area contributed by atoms with E-state index in [0.29, 0.717) is 0 Å². The highest BCUT2D eigenvalue weighted by Gasteiger charge is 1.57. The Morgan fingerprint density at radius 2 is 1.40 bits per heavy atom. The normalized spacial score (nSPS) is 10.9. The van der Waals surface area contributed by atoms with Crippen molar-refractivity contribution in [1.82, 2.24) is 6.15 Å². The van der Waals surface area contributed by atoms with Crippen molar-refractivity contribution in [2.45, 2.75) is 6.92 Å². The molecule has 56 valence electrons. The minimum absolute atomic E-state index is 0. The van der Waals surface area contributed by atoms with Gasteiger partial charge in [0.15, 0.2) is 0 Å². The summed E-state index contributed by atoms with van der Waals surface area (Å²) in [6, 6.07) is 0. The zero-order valence-electron chi connectivity index (χ0n) is 6.46. The fourth-order valence-electron chi connectivity index (χ4n) is 0.382. The molecule has 0 amide bonds. The van der Waals surface area contributed by atoms with E-state index in [1.807, 2.05) is 43.4 Å². The van der Waals surface area contributed by atoms with Crippen LogP contribution in [0.1, 0.15) is 6.92 Å². The second-order valence-electron chi connectivity index (χ2n) is 1.53. The highest BCUT2D eigenvalue weighted by molar-refractivity contribution is 5.13. The predicted molar refractivity (Wildman–Crippen MR) is 48.3 cm³/mol. The first-order valence-electron chi connectivity index (χ1n) is 2.99. The van der Waals surface area contributed by atoms with Gasteiger partial charge in [-0.2, -0.15) is 0 Å². The van der Waals surface area contributed by atoms with Crippen molar-refractivity contribution in [3.05, 3.63) is 49.1 Å². The van der Waals surface area contributed by atoms with Crippen LogP contribution >= 0.6 is 0 Å². The lowest BCUT2D eigenvalue weighted by molar-refractivity contribution is 1.73. The van der Waals surface area contributed by atoms with Gasteiger partial charge in [0.05, 0.1) is 0 Å². The Morgan fingerprint density at radius 1 is 0.900 bits per heavy atom. The van der Waals surface area contributed by atoms with Crippen molar-refractivity contribution in [2.24, 2.45) is 0 Å². The first-order valence-corrected chi connectivity index (χ1v) is 2.99. The van der Waals surface area contributed by atoms with Crippen LogP contribution in [0.3, 0.4) is 0 Å². The lowest BCUT2D eigenvalue weighted by Crippen LogP contribution is -1.47. The highest BCUT2D eigenvalue weighted by atomic mass is 14.0. The molecule has 0 fully saturated rings. The summed E-state index contributed by atoms with van der Waals surface area (Å²) >= 11 is 0. The van der Waals surface area contributed by atoms with Crippen molar-refractivity contribution >= 4 is 0 Å². The lowest BCUT2D eigenvalue weighted by Gasteiger charge is -1.69. The van der Waals surface area contributed by atoms with Gasteiger partial charge in [0.25, 0.3) is 0 Å². The Kier molecular flexibility index (Phi) is 12.6. The van der Waals surface area contributed by atoms with Gasteiger partial charge < -0.3 is 6.15 Å². The molecule has 0 aliphatic heterocycles. The third-order valence-electron chi connectivity index (χ3n) is 0.773. The standard InChI is InChI=1S/C9H12.H3N/c1-3-5-7-9-8-6-4-2;/h3-9H,1H2,2H3;1H3. The van der Waals surface area contributed by atoms with Crippen molar-refractivity contribution in [1.29, 1.82) is 0 Å². The predicted octanol–water partition coefficient (Wildman–Crippen LogP) is 3.02. The van der Waals surface area contributed by atoms with Crippen LogP contribution in [0.15, 0.2) is 49.1 Å². The maximum absolute atomic E-state index is 3.54. The van der Waals surface area contributed by atoms with E-state index in [0.717, 1.165) is 0 Å². The molecule has 0 aromatic carbocycles. The molecule has 0 aromatic heterocycles. The second kappa shape index (κ2) is 10.8. The van der Waals surface area contributed by atoms with Gasteiger partial charge in [-0.05, 0) is 6.92 Å². The average molecular weight is 137 g/mol. The molecule has 0 aliphatic rings. The van der Waals surface area contributed by atoms with E-state index in [9.17, 15) is 0 Å². The van der Waals surface area contributed by atoms with E-state index in [1.165, 1.54) is 0 Å². The Bertz CT molecular complexity index is 141. The summed E-state index contributed by atoms with van der Waals surface area (Å²) in [4.78, 5) is 0. The molecule has 0 aromatic rings. The van der Waals surface area contributed by atoms with Crippen molar-refractivity contribution in [3.63, 3.8) is 0 Å². The van der Waals surface area contributed by atoms with E-state index < -0.39 is 0 Å². The largest absolute Gasteiger partial charge is 0.344 e. The molecule has 0 spiro atoms. The number of hydrogen-bond donors (Lipinski definition) is 1. The Balaban J connectivity index is 0. The number of allylic oxidation sites excluding steroid dienone is 7. The number of hydrogen-bond acceptors (Lipinski definition) is 1. The summed E-state index contributed by atoms with van der Waals surface area (Å²) in [5.41, 5.74) is 0. The SMILES string of the molecule is C=CC=CC=CC=CC.N. The molecule has 3 N–H and O–H groups in total. The van der Waals surface area contributed by atoms with E-state index >= 15 is 0 Å². The fourth-order valence-corrected chi connectivity index (χ4v) is 0.382. The molecule has 0 saturated heterocycles. The van der Waals surface area contributed by atoms with Gasteiger partial charge in [0.1, 0.15) is 0 Å². The topological polar surface area (TPSA) is 35.0 Å². The Labute approximate surface area is 63.0 Å². The lowest BCUT2D eigenvalue weighted by atomic mass is 10.4. The average Bonchev–Trinajstić information content (AvgIpc) is 1.89. The van der Waals surface area contributed by atoms with Crippen LogP contribution in [0.4, 0.5) is 0 Å². The third-order valence-corrected chi connectivity index (χ3v) is 0.773. The van der Waals surface area contributed by atoms with Gasteiger partial charge >= 0.3 is 0 Å². The van der Waals surface area contributed by atoms with Gasteiger partial charge in [0.2, 0.25) is 0 Å². The summed E-state index contributed by atoms with van der Waals surface area (Å²) in [5, 5.41) is 0. The second-order valence-corrected chi connectivity index (χ2v) is 1.53. The summed E-state index contributed by atoms with van der Waals surface area (Å²) < 4.78 is 0. The first-order chi connectivity index (χ1) is 4.41. The van der Waals surface area contributed by atoms with Crippen LogP contribution in [-0.2, 0) is 0 Å². The van der Waals surface area contributed by atoms with Crippen molar-refractivity contribution in [2.75, 3.05) is 0 Å². The molecule has 0 rings (SSSR count). The Hall–Kier alpha value is -1.08. The molecule has 1 nitrogen and oxygen atoms in total. The van der Waals surface area contributed by atoms with Crippen LogP contribution in [0.2, 0.25) is 0 Å². The zero-order chi connectivity index (χ0) is 6.95. The monoisotopic (exact) mass is 137 g/mol. The molecule has 0 aliphatic carbocycles. The summed E-state index contributed by atoms with van der Waals surface area (Å²) in [6.45, 7) is 5.53. The summed E-state index contributed by atoms with van der Waals surface area (Å²) in [7, 11) is 0. The molecule has 0 radical (unpaired) electrons. The molecular weight excluding hydrogens is 122 g/mol. The van der Waals surface area contributed by atoms with E-state index in [2.05, 4.69) is 6.58 Å². The summed E-state index contributed by atoms with van der Waals surface area (Å²) in [5.74, 6) is 0. The highest BCUT2D eigenvalue weighted by Crippen LogP contribution is 1.79. The van der Waals surface area contributed by atoms with Gasteiger partial charge in [-0.3, -0.25) is 0 Å². The van der Waals surface area contributed by atoms with Gasteiger partial charge in [-0.15, -0.1) is 0 Å². The molecule has 0 bridgehead atoms. The van der Waals surface area contributed by atoms with Crippen LogP contribution in [-0.4, -0.2) is 0 Å². The summed E-state index contributed by atoms with van der Waals surface area (Å²) in [6.07, 6.45) is 13.5. The minimum atomic E-state index is 0. The maximum Gasteiger partial charge on any atom is -0.0467 e. The third kappa shape index (κ3) is 10.0. The smallest absolute Gasteiger partial charge is 0.0467 e. The van der Waals surface area contributed by atoms with Crippen LogP contribution < -0.4 is 6.15 Å². The molecule has 0 heterocycles. The van der Waals surface area contributed by atoms with E-state index in [4.69, 9.17) is 0 Å². The van der Waals surface area contributed by atoms with Gasteiger partial charge in [-0.25, -0.2) is 0 Å². The fraction of sp³-hybridized carbons (Fsp3) is 0.111. The molecule has 0 atom stereocenters. The first kappa shape index (κ1) is 11.7. The maximum atomic E-state index is 3.54. The zero-order valence-corrected chi connectivity index (χ0v) is 6.46. The van der Waals surface area contributed by atoms with Gasteiger partial charge in [0, 0.05) is 0 Å². The quantitative estimate of drug-likeness (QED) is 0.596. The van der Waals surface area contributed by atoms with Crippen molar-refractivity contribution in [3.8, 4) is 0 Å². The molecule has 1 heteroatoms. The number of rotatable bonds is 3. The van der Waals surface area contributed by atoms with Crippen LogP contribution in [0.25, 0.3) is 0 Å². The Morgan fingerprint density at radius 3 is 1.90 bits per heavy atom. The minimum Gasteiger partial charge on any atom is -0.344 e. The molecule has 0 saturated carbocycles. The van der Waals surface area contributed by atoms with E-state index in [1.54, 1.807) is 6.08 Å². The van der Waals surface area contributed by atoms with Crippen LogP contribution in [0, 0.1) is 0 Å². The molecule has 0 unspecified atom stereocenters. The van der Waals surface area contributed by atoms with Gasteiger partial charge in [-0.1, -0.05) is 49.1 Å². The van der Waals surface area contributed by atoms with Crippen molar-refractivity contribution < 1.29 is 0 Å². The van der Waals surface area contributed by atoms with Crippen LogP contribution in [0.5, 0.6) is 0 Å². The molecular formula is C9H15N. The van der Waals surface area contributed by atoms with E-state index in [-0.39, 0.29) is 6.15 Å². The molecule has 10 heavy (non-hydrogen) atoms.